The van der Waals surface area contributed by atoms with E-state index in [-0.39, 0.29) is 5.69 Å². The Morgan fingerprint density at radius 3 is 2.65 bits per heavy atom. The molecule has 0 spiro atoms. The van der Waals surface area contributed by atoms with Crippen molar-refractivity contribution in [3.05, 3.63) is 52.2 Å². The van der Waals surface area contributed by atoms with Crippen LogP contribution in [0, 0.1) is 0 Å². The van der Waals surface area contributed by atoms with Gasteiger partial charge in [-0.25, -0.2) is 9.48 Å². The minimum Gasteiger partial charge on any atom is -0.317 e. The first kappa shape index (κ1) is 13.1. The Kier molecular flexibility index (Phi) is 3.69. The topological polar surface area (TPSA) is 51.9 Å². The number of aryl methyl sites for hydroxylation is 1. The summed E-state index contributed by atoms with van der Waals surface area (Å²) in [5.41, 5.74) is 1.11. The zero-order chi connectivity index (χ0) is 13.9. The van der Waals surface area contributed by atoms with Crippen LogP contribution in [0.25, 0.3) is 0 Å². The quantitative estimate of drug-likeness (QED) is 0.910. The number of nitrogens with zero attached hydrogens (tertiary/aromatic N) is 3. The van der Waals surface area contributed by atoms with Gasteiger partial charge in [0.15, 0.2) is 0 Å². The summed E-state index contributed by atoms with van der Waals surface area (Å²) in [4.78, 5) is 12.3. The largest absolute Gasteiger partial charge is 0.345 e. The minimum atomic E-state index is -0.0256. The highest BCUT2D eigenvalue weighted by Crippen LogP contribution is 2.23. The van der Waals surface area contributed by atoms with Crippen molar-refractivity contribution in [2.75, 3.05) is 13.1 Å². The molecule has 1 aliphatic heterocycles. The van der Waals surface area contributed by atoms with Crippen LogP contribution in [0.3, 0.4) is 0 Å². The van der Waals surface area contributed by atoms with Crippen molar-refractivity contribution in [2.24, 2.45) is 7.05 Å². The summed E-state index contributed by atoms with van der Waals surface area (Å²) in [5, 5.41) is 7.82. The van der Waals surface area contributed by atoms with Crippen molar-refractivity contribution in [2.45, 2.75) is 25.3 Å². The fourth-order valence-corrected chi connectivity index (χ4v) is 2.82. The highest BCUT2D eigenvalue weighted by Gasteiger charge is 2.23. The van der Waals surface area contributed by atoms with E-state index in [2.05, 4.69) is 10.4 Å². The normalized spacial score (nSPS) is 16.4. The second kappa shape index (κ2) is 5.63. The Labute approximate surface area is 118 Å². The average Bonchev–Trinajstić information content (AvgIpc) is 2.78. The van der Waals surface area contributed by atoms with Gasteiger partial charge in [0, 0.05) is 13.0 Å². The molecule has 1 saturated heterocycles. The molecular formula is C15H20N4O. The lowest BCUT2D eigenvalue weighted by Crippen LogP contribution is -2.30. The summed E-state index contributed by atoms with van der Waals surface area (Å²) in [6.07, 6.45) is 2.09. The fraction of sp³-hybridized carbons (Fsp3) is 0.467. The lowest BCUT2D eigenvalue weighted by molar-refractivity contribution is 0.431. The Morgan fingerprint density at radius 1 is 1.25 bits per heavy atom. The summed E-state index contributed by atoms with van der Waals surface area (Å²) in [6, 6.07) is 10.1. The molecule has 2 heterocycles. The van der Waals surface area contributed by atoms with Crippen molar-refractivity contribution >= 4 is 0 Å². The summed E-state index contributed by atoms with van der Waals surface area (Å²) < 4.78 is 3.28. The number of hydrogen-bond donors (Lipinski definition) is 1. The summed E-state index contributed by atoms with van der Waals surface area (Å²) >= 11 is 0. The standard InChI is InChI=1S/C15H20N4O/c1-18-15(20)19(11-12-5-3-2-4-6-12)14(17-18)13-7-9-16-10-8-13/h2-6,13,16H,7-11H2,1H3. The number of hydrogen-bond acceptors (Lipinski definition) is 3. The third-order valence-corrected chi connectivity index (χ3v) is 3.92. The van der Waals surface area contributed by atoms with Gasteiger partial charge in [0.25, 0.3) is 0 Å². The first-order chi connectivity index (χ1) is 9.75. The van der Waals surface area contributed by atoms with E-state index >= 15 is 0 Å². The monoisotopic (exact) mass is 272 g/mol. The predicted octanol–water partition coefficient (Wildman–Crippen LogP) is 1.10. The van der Waals surface area contributed by atoms with Gasteiger partial charge in [-0.1, -0.05) is 30.3 Å². The third-order valence-electron chi connectivity index (χ3n) is 3.92. The molecule has 0 aliphatic carbocycles. The first-order valence-corrected chi connectivity index (χ1v) is 7.14. The van der Waals surface area contributed by atoms with Crippen molar-refractivity contribution in [3.8, 4) is 0 Å². The summed E-state index contributed by atoms with van der Waals surface area (Å²) in [6.45, 7) is 2.61. The van der Waals surface area contributed by atoms with E-state index in [0.29, 0.717) is 12.5 Å². The van der Waals surface area contributed by atoms with Gasteiger partial charge < -0.3 is 5.32 Å². The lowest BCUT2D eigenvalue weighted by atomic mass is 9.97. The molecular weight excluding hydrogens is 252 g/mol. The third kappa shape index (κ3) is 2.54. The van der Waals surface area contributed by atoms with E-state index in [4.69, 9.17) is 0 Å². The van der Waals surface area contributed by atoms with Gasteiger partial charge in [-0.15, -0.1) is 0 Å². The highest BCUT2D eigenvalue weighted by atomic mass is 16.2. The Hall–Kier alpha value is -1.88. The highest BCUT2D eigenvalue weighted by molar-refractivity contribution is 5.16. The molecule has 5 heteroatoms. The molecule has 5 nitrogen and oxygen atoms in total. The molecule has 0 atom stereocenters. The van der Waals surface area contributed by atoms with E-state index in [1.807, 2.05) is 34.9 Å². The van der Waals surface area contributed by atoms with Gasteiger partial charge in [-0.3, -0.25) is 4.57 Å². The first-order valence-electron chi connectivity index (χ1n) is 7.14. The van der Waals surface area contributed by atoms with Gasteiger partial charge in [-0.2, -0.15) is 5.10 Å². The van der Waals surface area contributed by atoms with E-state index in [1.165, 1.54) is 4.68 Å². The van der Waals surface area contributed by atoms with Gasteiger partial charge in [0.2, 0.25) is 0 Å². The smallest absolute Gasteiger partial charge is 0.317 e. The van der Waals surface area contributed by atoms with E-state index in [1.54, 1.807) is 7.05 Å². The van der Waals surface area contributed by atoms with Crippen molar-refractivity contribution in [1.29, 1.82) is 0 Å². The molecule has 1 aromatic heterocycles. The molecule has 3 rings (SSSR count). The molecule has 1 fully saturated rings. The van der Waals surface area contributed by atoms with Crippen LogP contribution in [0.15, 0.2) is 35.1 Å². The predicted molar refractivity (Wildman–Crippen MR) is 77.9 cm³/mol. The molecule has 20 heavy (non-hydrogen) atoms. The van der Waals surface area contributed by atoms with Crippen LogP contribution in [0.1, 0.15) is 30.1 Å². The number of nitrogens with one attached hydrogen (secondary N) is 1. The summed E-state index contributed by atoms with van der Waals surface area (Å²) in [5.74, 6) is 1.32. The van der Waals surface area contributed by atoms with Crippen molar-refractivity contribution < 1.29 is 0 Å². The molecule has 2 aromatic rings. The molecule has 0 amide bonds. The molecule has 106 valence electrons. The Balaban J connectivity index is 1.94. The minimum absolute atomic E-state index is 0.0256. The molecule has 1 N–H and O–H groups in total. The van der Waals surface area contributed by atoms with Gasteiger partial charge >= 0.3 is 5.69 Å². The van der Waals surface area contributed by atoms with Crippen LogP contribution in [0.5, 0.6) is 0 Å². The van der Waals surface area contributed by atoms with Crippen molar-refractivity contribution in [1.82, 2.24) is 19.7 Å². The maximum absolute atomic E-state index is 12.3. The maximum Gasteiger partial charge on any atom is 0.345 e. The van der Waals surface area contributed by atoms with Crippen LogP contribution in [-0.2, 0) is 13.6 Å². The molecule has 1 aliphatic rings. The number of aromatic nitrogens is 3. The maximum atomic E-state index is 12.3. The molecule has 0 unspecified atom stereocenters. The second-order valence-electron chi connectivity index (χ2n) is 5.36. The Bertz CT molecular complexity index is 623. The zero-order valence-corrected chi connectivity index (χ0v) is 11.7. The SMILES string of the molecule is Cn1nc(C2CCNCC2)n(Cc2ccccc2)c1=O. The van der Waals surface area contributed by atoms with Crippen LogP contribution in [0.2, 0.25) is 0 Å². The fourth-order valence-electron chi connectivity index (χ4n) is 2.82. The number of piperidine rings is 1. The van der Waals surface area contributed by atoms with Crippen LogP contribution in [-0.4, -0.2) is 27.4 Å². The lowest BCUT2D eigenvalue weighted by Gasteiger charge is -2.22. The average molecular weight is 272 g/mol. The zero-order valence-electron chi connectivity index (χ0n) is 11.7. The Morgan fingerprint density at radius 2 is 1.95 bits per heavy atom. The van der Waals surface area contributed by atoms with Gasteiger partial charge in [-0.05, 0) is 31.5 Å². The van der Waals surface area contributed by atoms with E-state index in [0.717, 1.165) is 37.3 Å². The molecule has 0 bridgehead atoms. The van der Waals surface area contributed by atoms with Crippen LogP contribution < -0.4 is 11.0 Å². The molecule has 0 saturated carbocycles. The summed E-state index contributed by atoms with van der Waals surface area (Å²) in [7, 11) is 1.73. The van der Waals surface area contributed by atoms with Crippen LogP contribution in [0.4, 0.5) is 0 Å². The van der Waals surface area contributed by atoms with E-state index < -0.39 is 0 Å². The number of benzene rings is 1. The van der Waals surface area contributed by atoms with Gasteiger partial charge in [0.05, 0.1) is 6.54 Å². The molecule has 0 radical (unpaired) electrons. The molecule has 1 aromatic carbocycles. The number of rotatable bonds is 3. The van der Waals surface area contributed by atoms with Crippen molar-refractivity contribution in [3.63, 3.8) is 0 Å². The van der Waals surface area contributed by atoms with E-state index in [9.17, 15) is 4.79 Å². The van der Waals surface area contributed by atoms with Gasteiger partial charge in [0.1, 0.15) is 5.82 Å². The van der Waals surface area contributed by atoms with Crippen LogP contribution >= 0.6 is 0 Å². The second-order valence-corrected chi connectivity index (χ2v) is 5.36.